The van der Waals surface area contributed by atoms with Crippen LogP contribution in [0.5, 0.6) is 5.75 Å². The van der Waals surface area contributed by atoms with Gasteiger partial charge in [0, 0.05) is 0 Å². The van der Waals surface area contributed by atoms with Crippen molar-refractivity contribution in [2.45, 2.75) is 38.6 Å². The molecule has 0 fully saturated rings. The summed E-state index contributed by atoms with van der Waals surface area (Å²) in [7, 11) is 0. The number of hydrogen-bond donors (Lipinski definition) is 2. The Morgan fingerprint density at radius 3 is 2.89 bits per heavy atom. The van der Waals surface area contributed by atoms with Crippen LogP contribution >= 0.6 is 0 Å². The molecule has 0 spiro atoms. The SMILES string of the molecule is CCCCCOc1cccc(CC(N)C(=O)O)c1. The van der Waals surface area contributed by atoms with Crippen molar-refractivity contribution >= 4 is 5.97 Å². The Morgan fingerprint density at radius 2 is 2.22 bits per heavy atom. The van der Waals surface area contributed by atoms with Crippen LogP contribution in [0.3, 0.4) is 0 Å². The average molecular weight is 251 g/mol. The molecule has 3 N–H and O–H groups in total. The molecule has 0 heterocycles. The first kappa shape index (κ1) is 14.5. The molecule has 100 valence electrons. The Morgan fingerprint density at radius 1 is 1.44 bits per heavy atom. The minimum atomic E-state index is -0.982. The van der Waals surface area contributed by atoms with E-state index in [1.165, 1.54) is 0 Å². The zero-order chi connectivity index (χ0) is 13.4. The topological polar surface area (TPSA) is 72.5 Å². The smallest absolute Gasteiger partial charge is 0.320 e. The number of carbonyl (C=O) groups is 1. The molecule has 0 amide bonds. The molecule has 0 aliphatic carbocycles. The molecular formula is C14H21NO3. The van der Waals surface area contributed by atoms with Gasteiger partial charge >= 0.3 is 5.97 Å². The third-order valence-electron chi connectivity index (χ3n) is 2.69. The molecule has 0 saturated heterocycles. The van der Waals surface area contributed by atoms with Crippen LogP contribution in [0, 0.1) is 0 Å². The maximum Gasteiger partial charge on any atom is 0.320 e. The number of carboxylic acid groups (broad SMARTS) is 1. The molecule has 1 unspecified atom stereocenters. The highest BCUT2D eigenvalue weighted by molar-refractivity contribution is 5.73. The summed E-state index contributed by atoms with van der Waals surface area (Å²) >= 11 is 0. The molecule has 1 atom stereocenters. The van der Waals surface area contributed by atoms with Gasteiger partial charge in [-0.05, 0) is 30.5 Å². The lowest BCUT2D eigenvalue weighted by atomic mass is 10.1. The number of carboxylic acids is 1. The summed E-state index contributed by atoms with van der Waals surface area (Å²) in [4.78, 5) is 10.7. The summed E-state index contributed by atoms with van der Waals surface area (Å²) in [6.07, 6.45) is 3.68. The molecule has 4 nitrogen and oxygen atoms in total. The van der Waals surface area contributed by atoms with Gasteiger partial charge in [0.15, 0.2) is 0 Å². The average Bonchev–Trinajstić information content (AvgIpc) is 2.35. The van der Waals surface area contributed by atoms with Gasteiger partial charge in [-0.3, -0.25) is 4.79 Å². The fourth-order valence-corrected chi connectivity index (χ4v) is 1.65. The lowest BCUT2D eigenvalue weighted by Gasteiger charge is -2.09. The molecule has 0 aliphatic heterocycles. The minimum Gasteiger partial charge on any atom is -0.494 e. The molecule has 1 aromatic rings. The highest BCUT2D eigenvalue weighted by Gasteiger charge is 2.12. The van der Waals surface area contributed by atoms with E-state index in [4.69, 9.17) is 15.6 Å². The Labute approximate surface area is 108 Å². The number of aliphatic carboxylic acids is 1. The van der Waals surface area contributed by atoms with Gasteiger partial charge in [-0.15, -0.1) is 0 Å². The van der Waals surface area contributed by atoms with Crippen molar-refractivity contribution in [2.24, 2.45) is 5.73 Å². The summed E-state index contributed by atoms with van der Waals surface area (Å²) in [5.41, 5.74) is 6.38. The summed E-state index contributed by atoms with van der Waals surface area (Å²) in [5, 5.41) is 8.76. The monoisotopic (exact) mass is 251 g/mol. The molecule has 4 heteroatoms. The molecule has 0 radical (unpaired) electrons. The fourth-order valence-electron chi connectivity index (χ4n) is 1.65. The Hall–Kier alpha value is -1.55. The van der Waals surface area contributed by atoms with E-state index in [0.717, 1.165) is 30.6 Å². The number of ether oxygens (including phenoxy) is 1. The van der Waals surface area contributed by atoms with Gasteiger partial charge in [0.1, 0.15) is 11.8 Å². The quantitative estimate of drug-likeness (QED) is 0.695. The molecular weight excluding hydrogens is 230 g/mol. The van der Waals surface area contributed by atoms with Gasteiger partial charge in [0.2, 0.25) is 0 Å². The third-order valence-corrected chi connectivity index (χ3v) is 2.69. The molecule has 0 aliphatic rings. The van der Waals surface area contributed by atoms with Gasteiger partial charge in [-0.1, -0.05) is 31.9 Å². The largest absolute Gasteiger partial charge is 0.494 e. The maximum absolute atomic E-state index is 10.7. The van der Waals surface area contributed by atoms with Gasteiger partial charge in [-0.25, -0.2) is 0 Å². The summed E-state index contributed by atoms with van der Waals surface area (Å²) in [5.74, 6) is -0.203. The van der Waals surface area contributed by atoms with Crippen LogP contribution < -0.4 is 10.5 Å². The number of hydrogen-bond acceptors (Lipinski definition) is 3. The van der Waals surface area contributed by atoms with Crippen molar-refractivity contribution in [2.75, 3.05) is 6.61 Å². The number of benzene rings is 1. The Balaban J connectivity index is 2.48. The second-order valence-corrected chi connectivity index (χ2v) is 4.35. The molecule has 0 aromatic heterocycles. The van der Waals surface area contributed by atoms with E-state index in [9.17, 15) is 4.79 Å². The van der Waals surface area contributed by atoms with Crippen LogP contribution in [0.1, 0.15) is 31.7 Å². The van der Waals surface area contributed by atoms with Gasteiger partial charge in [0.05, 0.1) is 6.61 Å². The third kappa shape index (κ3) is 5.19. The van der Waals surface area contributed by atoms with Crippen LogP contribution in [0.4, 0.5) is 0 Å². The zero-order valence-corrected chi connectivity index (χ0v) is 10.8. The van der Waals surface area contributed by atoms with Crippen LogP contribution in [-0.4, -0.2) is 23.7 Å². The second kappa shape index (κ2) is 7.71. The normalized spacial score (nSPS) is 12.1. The molecule has 1 aromatic carbocycles. The van der Waals surface area contributed by atoms with E-state index in [0.29, 0.717) is 13.0 Å². The predicted octanol–water partition coefficient (Wildman–Crippen LogP) is 2.21. The number of nitrogens with two attached hydrogens (primary N) is 1. The van der Waals surface area contributed by atoms with Crippen molar-refractivity contribution < 1.29 is 14.6 Å². The summed E-state index contributed by atoms with van der Waals surface area (Å²) in [6.45, 7) is 2.84. The summed E-state index contributed by atoms with van der Waals surface area (Å²) < 4.78 is 5.60. The first-order valence-electron chi connectivity index (χ1n) is 6.33. The van der Waals surface area contributed by atoms with E-state index in [1.54, 1.807) is 0 Å². The number of unbranched alkanes of at least 4 members (excludes halogenated alkanes) is 2. The molecule has 0 bridgehead atoms. The fraction of sp³-hybridized carbons (Fsp3) is 0.500. The predicted molar refractivity (Wildman–Crippen MR) is 70.8 cm³/mol. The second-order valence-electron chi connectivity index (χ2n) is 4.35. The van der Waals surface area contributed by atoms with Crippen molar-refractivity contribution in [3.63, 3.8) is 0 Å². The van der Waals surface area contributed by atoms with E-state index in [1.807, 2.05) is 24.3 Å². The minimum absolute atomic E-state index is 0.321. The standard InChI is InChI=1S/C14H21NO3/c1-2-3-4-8-18-12-7-5-6-11(9-12)10-13(15)14(16)17/h5-7,9,13H,2-4,8,10,15H2,1H3,(H,16,17). The lowest BCUT2D eigenvalue weighted by Crippen LogP contribution is -2.32. The van der Waals surface area contributed by atoms with E-state index in [2.05, 4.69) is 6.92 Å². The molecule has 1 rings (SSSR count). The maximum atomic E-state index is 10.7. The molecule has 18 heavy (non-hydrogen) atoms. The highest BCUT2D eigenvalue weighted by atomic mass is 16.5. The van der Waals surface area contributed by atoms with Crippen LogP contribution in [0.15, 0.2) is 24.3 Å². The van der Waals surface area contributed by atoms with Crippen molar-refractivity contribution in [1.29, 1.82) is 0 Å². The van der Waals surface area contributed by atoms with Crippen LogP contribution in [0.25, 0.3) is 0 Å². The van der Waals surface area contributed by atoms with Gasteiger partial charge in [-0.2, -0.15) is 0 Å². The lowest BCUT2D eigenvalue weighted by molar-refractivity contribution is -0.138. The number of rotatable bonds is 8. The highest BCUT2D eigenvalue weighted by Crippen LogP contribution is 2.15. The van der Waals surface area contributed by atoms with Crippen LogP contribution in [0.2, 0.25) is 0 Å². The van der Waals surface area contributed by atoms with Crippen molar-refractivity contribution in [3.05, 3.63) is 29.8 Å². The van der Waals surface area contributed by atoms with E-state index in [-0.39, 0.29) is 0 Å². The van der Waals surface area contributed by atoms with Crippen molar-refractivity contribution in [3.8, 4) is 5.75 Å². The Kier molecular flexibility index (Phi) is 6.22. The van der Waals surface area contributed by atoms with E-state index < -0.39 is 12.0 Å². The van der Waals surface area contributed by atoms with Gasteiger partial charge in [0.25, 0.3) is 0 Å². The first-order chi connectivity index (χ1) is 8.63. The van der Waals surface area contributed by atoms with Crippen LogP contribution in [-0.2, 0) is 11.2 Å². The molecule has 0 saturated carbocycles. The Bertz CT molecular complexity index is 379. The zero-order valence-electron chi connectivity index (χ0n) is 10.8. The summed E-state index contributed by atoms with van der Waals surface area (Å²) in [6, 6.07) is 6.59. The van der Waals surface area contributed by atoms with E-state index >= 15 is 0 Å². The first-order valence-corrected chi connectivity index (χ1v) is 6.33. The van der Waals surface area contributed by atoms with Gasteiger partial charge < -0.3 is 15.6 Å². The van der Waals surface area contributed by atoms with Crippen molar-refractivity contribution in [1.82, 2.24) is 0 Å².